The van der Waals surface area contributed by atoms with Crippen molar-refractivity contribution in [2.45, 2.75) is 26.8 Å². The Morgan fingerprint density at radius 1 is 1.44 bits per heavy atom. The van der Waals surface area contributed by atoms with Gasteiger partial charge in [0.2, 0.25) is 0 Å². The van der Waals surface area contributed by atoms with E-state index in [0.717, 1.165) is 22.3 Å². The van der Waals surface area contributed by atoms with Gasteiger partial charge in [0, 0.05) is 11.9 Å². The number of amidine groups is 1. The first-order valence-corrected chi connectivity index (χ1v) is 6.54. The van der Waals surface area contributed by atoms with Gasteiger partial charge >= 0.3 is 0 Å². The van der Waals surface area contributed by atoms with Crippen LogP contribution in [-0.4, -0.2) is 21.9 Å². The Kier molecular flexibility index (Phi) is 3.49. The molecule has 16 heavy (non-hydrogen) atoms. The van der Waals surface area contributed by atoms with E-state index in [1.54, 1.807) is 18.0 Å². The molecule has 4 heteroatoms. The molecule has 0 fully saturated rings. The summed E-state index contributed by atoms with van der Waals surface area (Å²) in [4.78, 5) is 8.89. The molecule has 3 nitrogen and oxygen atoms in total. The minimum absolute atomic E-state index is 0.403. The first kappa shape index (κ1) is 11.5. The SMILES string of the molecule is Cc1ncccc1NC1=NC(C)C(C)CS1. The summed E-state index contributed by atoms with van der Waals surface area (Å²) < 4.78 is 0. The molecule has 1 aromatic heterocycles. The van der Waals surface area contributed by atoms with E-state index >= 15 is 0 Å². The zero-order chi connectivity index (χ0) is 11.5. The van der Waals surface area contributed by atoms with E-state index in [9.17, 15) is 0 Å². The van der Waals surface area contributed by atoms with Gasteiger partial charge in [0.1, 0.15) is 0 Å². The van der Waals surface area contributed by atoms with Crippen molar-refractivity contribution in [2.75, 3.05) is 11.1 Å². The quantitative estimate of drug-likeness (QED) is 0.813. The molecule has 1 aliphatic heterocycles. The summed E-state index contributed by atoms with van der Waals surface area (Å²) in [7, 11) is 0. The number of nitrogens with one attached hydrogen (secondary N) is 1. The van der Waals surface area contributed by atoms with E-state index < -0.39 is 0 Å². The zero-order valence-corrected chi connectivity index (χ0v) is 10.7. The molecule has 0 radical (unpaired) electrons. The minimum atomic E-state index is 0.403. The summed E-state index contributed by atoms with van der Waals surface area (Å²) in [5.41, 5.74) is 2.06. The van der Waals surface area contributed by atoms with E-state index in [1.807, 2.05) is 19.1 Å². The van der Waals surface area contributed by atoms with Gasteiger partial charge in [0.05, 0.1) is 17.4 Å². The lowest BCUT2D eigenvalue weighted by Crippen LogP contribution is -2.25. The highest BCUT2D eigenvalue weighted by Gasteiger charge is 2.19. The third-order valence-electron chi connectivity index (χ3n) is 2.88. The van der Waals surface area contributed by atoms with Gasteiger partial charge in [-0.1, -0.05) is 18.7 Å². The highest BCUT2D eigenvalue weighted by molar-refractivity contribution is 8.14. The molecule has 0 saturated heterocycles. The van der Waals surface area contributed by atoms with Crippen LogP contribution in [0, 0.1) is 12.8 Å². The summed E-state index contributed by atoms with van der Waals surface area (Å²) >= 11 is 1.79. The Morgan fingerprint density at radius 3 is 2.94 bits per heavy atom. The van der Waals surface area contributed by atoms with Crippen LogP contribution in [0.2, 0.25) is 0 Å². The van der Waals surface area contributed by atoms with E-state index in [2.05, 4.69) is 29.1 Å². The number of rotatable bonds is 1. The van der Waals surface area contributed by atoms with Crippen LogP contribution in [-0.2, 0) is 0 Å². The van der Waals surface area contributed by atoms with Gasteiger partial charge in [-0.3, -0.25) is 9.98 Å². The van der Waals surface area contributed by atoms with E-state index in [0.29, 0.717) is 12.0 Å². The average molecular weight is 235 g/mol. The van der Waals surface area contributed by atoms with E-state index in [4.69, 9.17) is 0 Å². The third kappa shape index (κ3) is 2.55. The fourth-order valence-corrected chi connectivity index (χ4v) is 2.62. The van der Waals surface area contributed by atoms with Crippen molar-refractivity contribution < 1.29 is 0 Å². The highest BCUT2D eigenvalue weighted by atomic mass is 32.2. The molecule has 2 rings (SSSR count). The molecule has 0 spiro atoms. The molecule has 2 heterocycles. The summed E-state index contributed by atoms with van der Waals surface area (Å²) in [5, 5.41) is 4.37. The van der Waals surface area contributed by atoms with Crippen molar-refractivity contribution in [3.8, 4) is 0 Å². The van der Waals surface area contributed by atoms with Crippen molar-refractivity contribution in [1.82, 2.24) is 4.98 Å². The topological polar surface area (TPSA) is 37.3 Å². The second-order valence-corrected chi connectivity index (χ2v) is 5.23. The Hall–Kier alpha value is -1.03. The van der Waals surface area contributed by atoms with Gasteiger partial charge in [-0.25, -0.2) is 0 Å². The molecule has 0 aliphatic carbocycles. The average Bonchev–Trinajstić information content (AvgIpc) is 2.27. The Bertz CT molecular complexity index is 403. The number of hydrogen-bond donors (Lipinski definition) is 1. The van der Waals surface area contributed by atoms with Crippen LogP contribution in [0.5, 0.6) is 0 Å². The highest BCUT2D eigenvalue weighted by Crippen LogP contribution is 2.24. The Morgan fingerprint density at radius 2 is 2.25 bits per heavy atom. The summed E-state index contributed by atoms with van der Waals surface area (Å²) in [6.07, 6.45) is 1.81. The molecule has 0 saturated carbocycles. The van der Waals surface area contributed by atoms with Crippen LogP contribution in [0.15, 0.2) is 23.3 Å². The number of pyridine rings is 1. The summed E-state index contributed by atoms with van der Waals surface area (Å²) in [6, 6.07) is 4.38. The first-order valence-electron chi connectivity index (χ1n) is 5.56. The molecule has 0 amide bonds. The number of aromatic nitrogens is 1. The van der Waals surface area contributed by atoms with Gasteiger partial charge in [-0.15, -0.1) is 0 Å². The molecule has 2 unspecified atom stereocenters. The van der Waals surface area contributed by atoms with Crippen LogP contribution in [0.3, 0.4) is 0 Å². The number of aryl methyl sites for hydroxylation is 1. The maximum absolute atomic E-state index is 4.64. The van der Waals surface area contributed by atoms with E-state index in [-0.39, 0.29) is 0 Å². The van der Waals surface area contributed by atoms with Crippen LogP contribution in [0.25, 0.3) is 0 Å². The van der Waals surface area contributed by atoms with Crippen molar-refractivity contribution >= 4 is 22.6 Å². The molecular weight excluding hydrogens is 218 g/mol. The van der Waals surface area contributed by atoms with Gasteiger partial charge in [0.25, 0.3) is 0 Å². The van der Waals surface area contributed by atoms with Crippen molar-refractivity contribution in [3.05, 3.63) is 24.0 Å². The third-order valence-corrected chi connectivity index (χ3v) is 4.05. The lowest BCUT2D eigenvalue weighted by atomic mass is 10.1. The number of anilines is 1. The van der Waals surface area contributed by atoms with Crippen LogP contribution < -0.4 is 5.32 Å². The second-order valence-electron chi connectivity index (χ2n) is 4.22. The smallest absolute Gasteiger partial charge is 0.161 e. The molecule has 1 N–H and O–H groups in total. The maximum atomic E-state index is 4.64. The number of hydrogen-bond acceptors (Lipinski definition) is 4. The normalized spacial score (nSPS) is 25.1. The van der Waals surface area contributed by atoms with Crippen LogP contribution in [0.4, 0.5) is 5.69 Å². The summed E-state index contributed by atoms with van der Waals surface area (Å²) in [6.45, 7) is 6.41. The fraction of sp³-hybridized carbons (Fsp3) is 0.500. The summed E-state index contributed by atoms with van der Waals surface area (Å²) in [5.74, 6) is 1.79. The van der Waals surface area contributed by atoms with Gasteiger partial charge in [-0.05, 0) is 31.9 Å². The van der Waals surface area contributed by atoms with E-state index in [1.165, 1.54) is 0 Å². The molecule has 0 bridgehead atoms. The van der Waals surface area contributed by atoms with Crippen LogP contribution in [0.1, 0.15) is 19.5 Å². The van der Waals surface area contributed by atoms with Gasteiger partial charge in [0.15, 0.2) is 5.17 Å². The van der Waals surface area contributed by atoms with Crippen molar-refractivity contribution in [2.24, 2.45) is 10.9 Å². The predicted molar refractivity (Wildman–Crippen MR) is 71.1 cm³/mol. The predicted octanol–water partition coefficient (Wildman–Crippen LogP) is 2.93. The first-order chi connectivity index (χ1) is 7.66. The lowest BCUT2D eigenvalue weighted by molar-refractivity contribution is 0.537. The second kappa shape index (κ2) is 4.87. The van der Waals surface area contributed by atoms with Crippen LogP contribution >= 0.6 is 11.8 Å². The molecule has 1 aliphatic rings. The minimum Gasteiger partial charge on any atom is -0.333 e. The zero-order valence-electron chi connectivity index (χ0n) is 9.90. The van der Waals surface area contributed by atoms with Crippen molar-refractivity contribution in [3.63, 3.8) is 0 Å². The fourth-order valence-electron chi connectivity index (χ4n) is 1.50. The Balaban J connectivity index is 2.11. The van der Waals surface area contributed by atoms with Crippen molar-refractivity contribution in [1.29, 1.82) is 0 Å². The number of aliphatic imine (C=N–C) groups is 1. The monoisotopic (exact) mass is 235 g/mol. The van der Waals surface area contributed by atoms with Gasteiger partial charge in [-0.2, -0.15) is 0 Å². The number of thioether (sulfide) groups is 1. The Labute approximate surface area is 101 Å². The molecule has 2 atom stereocenters. The van der Waals surface area contributed by atoms with Gasteiger partial charge < -0.3 is 5.32 Å². The molecule has 1 aromatic rings. The molecule has 86 valence electrons. The number of nitrogens with zero attached hydrogens (tertiary/aromatic N) is 2. The lowest BCUT2D eigenvalue weighted by Gasteiger charge is -2.23. The standard InChI is InChI=1S/C12H17N3S/c1-8-7-16-12(14-9(8)2)15-11-5-4-6-13-10(11)3/h4-6,8-9H,7H2,1-3H3,(H,14,15). The molecule has 0 aromatic carbocycles. The largest absolute Gasteiger partial charge is 0.333 e. The molecular formula is C12H17N3S. The maximum Gasteiger partial charge on any atom is 0.161 e.